The van der Waals surface area contributed by atoms with Crippen LogP contribution in [0.4, 0.5) is 0 Å². The first-order valence-corrected chi connectivity index (χ1v) is 8.16. The van der Waals surface area contributed by atoms with Gasteiger partial charge in [0.05, 0.1) is 0 Å². The van der Waals surface area contributed by atoms with Crippen molar-refractivity contribution in [3.63, 3.8) is 0 Å². The summed E-state index contributed by atoms with van der Waals surface area (Å²) in [7, 11) is 0. The highest BCUT2D eigenvalue weighted by Crippen LogP contribution is 2.27. The van der Waals surface area contributed by atoms with E-state index >= 15 is 0 Å². The van der Waals surface area contributed by atoms with E-state index in [1.807, 2.05) is 6.92 Å². The maximum atomic E-state index is 6.27. The van der Waals surface area contributed by atoms with Crippen molar-refractivity contribution in [2.24, 2.45) is 5.73 Å². The average molecular weight is 310 g/mol. The van der Waals surface area contributed by atoms with Crippen LogP contribution in [0.25, 0.3) is 0 Å². The summed E-state index contributed by atoms with van der Waals surface area (Å²) in [6, 6.07) is 6.59. The topological polar surface area (TPSA) is 32.5 Å². The third kappa shape index (κ3) is 3.98. The van der Waals surface area contributed by atoms with E-state index in [1.54, 1.807) is 0 Å². The summed E-state index contributed by atoms with van der Waals surface area (Å²) in [5, 5.41) is 0.833. The van der Waals surface area contributed by atoms with Crippen molar-refractivity contribution in [1.82, 2.24) is 9.80 Å². The van der Waals surface area contributed by atoms with Crippen LogP contribution in [0, 0.1) is 6.92 Å². The van der Waals surface area contributed by atoms with Crippen LogP contribution in [0.15, 0.2) is 18.2 Å². The van der Waals surface area contributed by atoms with Crippen LogP contribution >= 0.6 is 11.6 Å². The lowest BCUT2D eigenvalue weighted by molar-refractivity contribution is 0.0433. The van der Waals surface area contributed by atoms with Gasteiger partial charge < -0.3 is 5.73 Å². The van der Waals surface area contributed by atoms with Crippen LogP contribution in [0.5, 0.6) is 0 Å². The Labute approximate surface area is 134 Å². The molecule has 2 N–H and O–H groups in total. The van der Waals surface area contributed by atoms with Crippen molar-refractivity contribution in [1.29, 1.82) is 0 Å². The van der Waals surface area contributed by atoms with E-state index in [1.165, 1.54) is 5.56 Å². The Balaban J connectivity index is 2.07. The number of aryl methyl sites for hydroxylation is 1. The van der Waals surface area contributed by atoms with Crippen molar-refractivity contribution in [2.45, 2.75) is 39.3 Å². The highest BCUT2D eigenvalue weighted by Gasteiger charge is 2.29. The second kappa shape index (κ2) is 6.66. The first-order chi connectivity index (χ1) is 9.82. The van der Waals surface area contributed by atoms with Gasteiger partial charge in [-0.1, -0.05) is 23.7 Å². The van der Waals surface area contributed by atoms with E-state index in [9.17, 15) is 0 Å². The second-order valence-corrected chi connectivity index (χ2v) is 7.36. The fourth-order valence-electron chi connectivity index (χ4n) is 3.02. The lowest BCUT2D eigenvalue weighted by Gasteiger charge is -2.44. The molecule has 1 unspecified atom stereocenters. The Morgan fingerprint density at radius 1 is 1.19 bits per heavy atom. The molecule has 4 heteroatoms. The number of halogens is 1. The van der Waals surface area contributed by atoms with Crippen molar-refractivity contribution in [2.75, 3.05) is 32.7 Å². The van der Waals surface area contributed by atoms with E-state index < -0.39 is 0 Å². The molecular weight excluding hydrogens is 282 g/mol. The molecular formula is C17H28ClN3. The number of nitrogens with zero attached hydrogens (tertiary/aromatic N) is 2. The summed E-state index contributed by atoms with van der Waals surface area (Å²) in [5.74, 6) is 0. The summed E-state index contributed by atoms with van der Waals surface area (Å²) in [5.41, 5.74) is 8.65. The largest absolute Gasteiger partial charge is 0.329 e. The van der Waals surface area contributed by atoms with E-state index in [4.69, 9.17) is 17.3 Å². The highest BCUT2D eigenvalue weighted by atomic mass is 35.5. The molecule has 1 aliphatic rings. The van der Waals surface area contributed by atoms with E-state index in [-0.39, 0.29) is 11.6 Å². The molecule has 0 radical (unpaired) electrons. The first kappa shape index (κ1) is 16.8. The predicted octanol–water partition coefficient (Wildman–Crippen LogP) is 3.06. The highest BCUT2D eigenvalue weighted by molar-refractivity contribution is 6.31. The molecule has 21 heavy (non-hydrogen) atoms. The number of rotatable bonds is 3. The summed E-state index contributed by atoms with van der Waals surface area (Å²) < 4.78 is 0. The van der Waals surface area contributed by atoms with E-state index in [0.717, 1.165) is 36.8 Å². The molecule has 1 fully saturated rings. The third-order valence-electron chi connectivity index (χ3n) is 4.51. The fourth-order valence-corrected chi connectivity index (χ4v) is 3.21. The molecule has 0 saturated carbocycles. The molecule has 0 aliphatic carbocycles. The number of hydrogen-bond donors (Lipinski definition) is 1. The predicted molar refractivity (Wildman–Crippen MR) is 90.9 cm³/mol. The third-order valence-corrected chi connectivity index (χ3v) is 4.91. The Hall–Kier alpha value is -0.610. The lowest BCUT2D eigenvalue weighted by Crippen LogP contribution is -2.54. The maximum Gasteiger partial charge on any atom is 0.0472 e. The van der Waals surface area contributed by atoms with Gasteiger partial charge >= 0.3 is 0 Å². The molecule has 1 aliphatic heterocycles. The summed E-state index contributed by atoms with van der Waals surface area (Å²) in [6.45, 7) is 13.8. The quantitative estimate of drug-likeness (QED) is 0.931. The SMILES string of the molecule is Cc1ccc(C(CN)N2CCN(C(C)(C)C)CC2)cc1Cl. The normalized spacial score (nSPS) is 19.7. The molecule has 3 nitrogen and oxygen atoms in total. The van der Waals surface area contributed by atoms with Crippen molar-refractivity contribution in [3.05, 3.63) is 34.3 Å². The van der Waals surface area contributed by atoms with Gasteiger partial charge in [0.15, 0.2) is 0 Å². The van der Waals surface area contributed by atoms with Crippen LogP contribution in [0.3, 0.4) is 0 Å². The summed E-state index contributed by atoms with van der Waals surface area (Å²) >= 11 is 6.27. The van der Waals surface area contributed by atoms with E-state index in [0.29, 0.717) is 6.54 Å². The van der Waals surface area contributed by atoms with Crippen LogP contribution in [0.1, 0.15) is 37.9 Å². The molecule has 1 saturated heterocycles. The van der Waals surface area contributed by atoms with Gasteiger partial charge in [-0.3, -0.25) is 9.80 Å². The Morgan fingerprint density at radius 3 is 2.29 bits per heavy atom. The van der Waals surface area contributed by atoms with Crippen molar-refractivity contribution in [3.8, 4) is 0 Å². The van der Waals surface area contributed by atoms with Gasteiger partial charge in [-0.2, -0.15) is 0 Å². The molecule has 1 aromatic rings. The number of benzene rings is 1. The van der Waals surface area contributed by atoms with Gasteiger partial charge in [0, 0.05) is 49.3 Å². The standard InChI is InChI=1S/C17H28ClN3/c1-13-5-6-14(11-15(13)18)16(12-19)20-7-9-21(10-8-20)17(2,3)4/h5-6,11,16H,7-10,12,19H2,1-4H3. The Kier molecular flexibility index (Phi) is 5.31. The van der Waals surface area contributed by atoms with Gasteiger partial charge in [-0.25, -0.2) is 0 Å². The molecule has 0 aromatic heterocycles. The minimum atomic E-state index is 0.247. The molecule has 118 valence electrons. The first-order valence-electron chi connectivity index (χ1n) is 7.78. The zero-order valence-corrected chi connectivity index (χ0v) is 14.5. The van der Waals surface area contributed by atoms with Gasteiger partial charge in [0.2, 0.25) is 0 Å². The second-order valence-electron chi connectivity index (χ2n) is 6.95. The van der Waals surface area contributed by atoms with Gasteiger partial charge in [-0.15, -0.1) is 0 Å². The molecule has 2 rings (SSSR count). The summed E-state index contributed by atoms with van der Waals surface area (Å²) in [4.78, 5) is 5.03. The number of hydrogen-bond acceptors (Lipinski definition) is 3. The van der Waals surface area contributed by atoms with Crippen LogP contribution in [-0.4, -0.2) is 48.1 Å². The minimum absolute atomic E-state index is 0.247. The monoisotopic (exact) mass is 309 g/mol. The summed E-state index contributed by atoms with van der Waals surface area (Å²) in [6.07, 6.45) is 0. The van der Waals surface area contributed by atoms with Crippen LogP contribution in [-0.2, 0) is 0 Å². The number of nitrogens with two attached hydrogens (primary N) is 1. The maximum absolute atomic E-state index is 6.27. The van der Waals surface area contributed by atoms with Gasteiger partial charge in [0.25, 0.3) is 0 Å². The van der Waals surface area contributed by atoms with E-state index in [2.05, 4.69) is 48.8 Å². The zero-order valence-electron chi connectivity index (χ0n) is 13.7. The van der Waals surface area contributed by atoms with Crippen LogP contribution in [0.2, 0.25) is 5.02 Å². The van der Waals surface area contributed by atoms with Crippen LogP contribution < -0.4 is 5.73 Å². The van der Waals surface area contributed by atoms with Crippen molar-refractivity contribution < 1.29 is 0 Å². The molecule has 0 amide bonds. The number of piperazine rings is 1. The fraction of sp³-hybridized carbons (Fsp3) is 0.647. The molecule has 0 bridgehead atoms. The Bertz CT molecular complexity index is 473. The molecule has 0 spiro atoms. The van der Waals surface area contributed by atoms with Gasteiger partial charge in [-0.05, 0) is 44.9 Å². The average Bonchev–Trinajstić information content (AvgIpc) is 2.43. The van der Waals surface area contributed by atoms with Gasteiger partial charge in [0.1, 0.15) is 0 Å². The zero-order chi connectivity index (χ0) is 15.6. The Morgan fingerprint density at radius 2 is 1.81 bits per heavy atom. The lowest BCUT2D eigenvalue weighted by atomic mass is 10.0. The molecule has 1 atom stereocenters. The molecule has 1 aromatic carbocycles. The smallest absolute Gasteiger partial charge is 0.0472 e. The minimum Gasteiger partial charge on any atom is -0.329 e. The van der Waals surface area contributed by atoms with Crippen molar-refractivity contribution >= 4 is 11.6 Å². The molecule has 1 heterocycles.